The van der Waals surface area contributed by atoms with Crippen molar-refractivity contribution in [3.05, 3.63) is 71.7 Å². The van der Waals surface area contributed by atoms with Gasteiger partial charge in [0, 0.05) is 20.1 Å². The summed E-state index contributed by atoms with van der Waals surface area (Å²) in [5.41, 5.74) is 3.65. The second kappa shape index (κ2) is 10.4. The highest BCUT2D eigenvalue weighted by atomic mass is 16.5. The number of urea groups is 1. The number of nitrogens with zero attached hydrogens (tertiary/aromatic N) is 3. The molecule has 0 aliphatic heterocycles. The summed E-state index contributed by atoms with van der Waals surface area (Å²) < 4.78 is 10.7. The van der Waals surface area contributed by atoms with Crippen molar-refractivity contribution in [2.24, 2.45) is 0 Å². The quantitative estimate of drug-likeness (QED) is 0.576. The van der Waals surface area contributed by atoms with Gasteiger partial charge in [-0.25, -0.2) is 9.78 Å². The Morgan fingerprint density at radius 2 is 1.68 bits per heavy atom. The van der Waals surface area contributed by atoms with Gasteiger partial charge in [-0.2, -0.15) is 0 Å². The van der Waals surface area contributed by atoms with Crippen molar-refractivity contribution in [2.75, 3.05) is 31.5 Å². The smallest absolute Gasteiger partial charge is 0.327 e. The van der Waals surface area contributed by atoms with Crippen LogP contribution in [0.3, 0.4) is 0 Å². The normalized spacial score (nSPS) is 10.5. The summed E-state index contributed by atoms with van der Waals surface area (Å²) in [6.07, 6.45) is 3.12. The molecule has 162 valence electrons. The highest BCUT2D eigenvalue weighted by Crippen LogP contribution is 2.29. The van der Waals surface area contributed by atoms with Crippen LogP contribution in [0.5, 0.6) is 11.5 Å². The van der Waals surface area contributed by atoms with E-state index in [2.05, 4.69) is 20.6 Å². The Balaban J connectivity index is 1.61. The third kappa shape index (κ3) is 5.93. The van der Waals surface area contributed by atoms with Gasteiger partial charge in [-0.1, -0.05) is 18.2 Å². The molecule has 8 nitrogen and oxygen atoms in total. The van der Waals surface area contributed by atoms with Crippen LogP contribution in [0, 0.1) is 6.92 Å². The minimum Gasteiger partial charge on any atom is -0.497 e. The van der Waals surface area contributed by atoms with Gasteiger partial charge in [-0.05, 0) is 42.3 Å². The highest BCUT2D eigenvalue weighted by Gasteiger charge is 2.16. The number of hydrogen-bond donors (Lipinski definition) is 2. The monoisotopic (exact) mass is 421 g/mol. The molecular formula is C23H27N5O3. The summed E-state index contributed by atoms with van der Waals surface area (Å²) in [6, 6.07) is 13.4. The lowest BCUT2D eigenvalue weighted by atomic mass is 10.1. The van der Waals surface area contributed by atoms with Crippen molar-refractivity contribution in [1.29, 1.82) is 0 Å². The van der Waals surface area contributed by atoms with E-state index in [0.29, 0.717) is 23.8 Å². The molecule has 0 atom stereocenters. The molecule has 0 aliphatic rings. The van der Waals surface area contributed by atoms with Gasteiger partial charge in [0.15, 0.2) is 5.82 Å². The zero-order chi connectivity index (χ0) is 22.2. The predicted octanol–water partition coefficient (Wildman–Crippen LogP) is 3.76. The molecule has 0 aliphatic carbocycles. The van der Waals surface area contributed by atoms with Crippen LogP contribution in [-0.4, -0.2) is 37.3 Å². The van der Waals surface area contributed by atoms with E-state index in [1.54, 1.807) is 27.5 Å². The third-order valence-corrected chi connectivity index (χ3v) is 4.74. The zero-order valence-corrected chi connectivity index (χ0v) is 18.2. The first kappa shape index (κ1) is 22.0. The topological polar surface area (TPSA) is 88.6 Å². The fourth-order valence-corrected chi connectivity index (χ4v) is 2.96. The van der Waals surface area contributed by atoms with Crippen molar-refractivity contribution in [3.8, 4) is 11.5 Å². The first-order valence-corrected chi connectivity index (χ1v) is 9.84. The molecule has 1 aromatic heterocycles. The average Bonchev–Trinajstić information content (AvgIpc) is 2.80. The summed E-state index contributed by atoms with van der Waals surface area (Å²) in [4.78, 5) is 22.4. The van der Waals surface area contributed by atoms with Crippen LogP contribution in [0.4, 0.5) is 16.3 Å². The minimum atomic E-state index is -0.332. The first-order chi connectivity index (χ1) is 15.0. The number of aromatic nitrogens is 2. The minimum absolute atomic E-state index is 0.332. The van der Waals surface area contributed by atoms with Gasteiger partial charge in [0.2, 0.25) is 0 Å². The van der Waals surface area contributed by atoms with Crippen LogP contribution in [-0.2, 0) is 13.1 Å². The van der Waals surface area contributed by atoms with E-state index in [-0.39, 0.29) is 6.03 Å². The van der Waals surface area contributed by atoms with Crippen LogP contribution in [0.25, 0.3) is 0 Å². The van der Waals surface area contributed by atoms with Gasteiger partial charge >= 0.3 is 6.03 Å². The molecule has 31 heavy (non-hydrogen) atoms. The van der Waals surface area contributed by atoms with Crippen molar-refractivity contribution in [3.63, 3.8) is 0 Å². The second-order valence-electron chi connectivity index (χ2n) is 6.99. The second-order valence-corrected chi connectivity index (χ2v) is 6.99. The van der Waals surface area contributed by atoms with E-state index in [0.717, 1.165) is 23.6 Å². The Hall–Kier alpha value is -3.65. The molecule has 0 radical (unpaired) electrons. The van der Waals surface area contributed by atoms with Crippen LogP contribution in [0.2, 0.25) is 0 Å². The van der Waals surface area contributed by atoms with Crippen molar-refractivity contribution in [2.45, 2.75) is 20.0 Å². The highest BCUT2D eigenvalue weighted by molar-refractivity contribution is 6.01. The van der Waals surface area contributed by atoms with Crippen molar-refractivity contribution in [1.82, 2.24) is 15.3 Å². The van der Waals surface area contributed by atoms with E-state index in [1.165, 1.54) is 16.7 Å². The van der Waals surface area contributed by atoms with Gasteiger partial charge in [0.25, 0.3) is 0 Å². The molecule has 0 unspecified atom stereocenters. The largest absolute Gasteiger partial charge is 0.497 e. The van der Waals surface area contributed by atoms with E-state index >= 15 is 0 Å². The van der Waals surface area contributed by atoms with E-state index in [1.807, 2.05) is 49.4 Å². The maximum absolute atomic E-state index is 12.6. The number of carbonyl (C=O) groups excluding carboxylic acids is 1. The molecule has 0 fully saturated rings. The molecule has 3 rings (SSSR count). The number of anilines is 2. The summed E-state index contributed by atoms with van der Waals surface area (Å²) in [5.74, 6) is 1.84. The van der Waals surface area contributed by atoms with Crippen LogP contribution < -0.4 is 25.0 Å². The Morgan fingerprint density at radius 1 is 0.968 bits per heavy atom. The lowest BCUT2D eigenvalue weighted by Crippen LogP contribution is -2.31. The summed E-state index contributed by atoms with van der Waals surface area (Å²) in [6.45, 7) is 3.23. The molecule has 0 saturated carbocycles. The molecule has 0 bridgehead atoms. The van der Waals surface area contributed by atoms with Gasteiger partial charge in [-0.3, -0.25) is 15.2 Å². The maximum atomic E-state index is 12.6. The molecule has 2 amide bonds. The van der Waals surface area contributed by atoms with Gasteiger partial charge in [0.05, 0.1) is 38.0 Å². The third-order valence-electron chi connectivity index (χ3n) is 4.74. The maximum Gasteiger partial charge on any atom is 0.327 e. The lowest BCUT2D eigenvalue weighted by Gasteiger charge is -2.21. The number of carbonyl (C=O) groups is 1. The first-order valence-electron chi connectivity index (χ1n) is 9.84. The molecule has 3 aromatic rings. The molecule has 0 spiro atoms. The number of ether oxygens (including phenoxy) is 2. The SMILES string of the molecule is COc1ccc(CNCc2ccc(N(C)C(=O)Nc3cnc(C)cn3)c(OC)c2)cc1. The molecule has 2 aromatic carbocycles. The Bertz CT molecular complexity index is 1010. The number of benzene rings is 2. The van der Waals surface area contributed by atoms with Crippen LogP contribution in [0.1, 0.15) is 16.8 Å². The predicted molar refractivity (Wildman–Crippen MR) is 121 cm³/mol. The molecule has 0 saturated heterocycles. The van der Waals surface area contributed by atoms with E-state index < -0.39 is 0 Å². The molecule has 8 heteroatoms. The molecule has 2 N–H and O–H groups in total. The number of methoxy groups -OCH3 is 2. The van der Waals surface area contributed by atoms with Gasteiger partial charge < -0.3 is 14.8 Å². The number of aryl methyl sites for hydroxylation is 1. The average molecular weight is 422 g/mol. The fourth-order valence-electron chi connectivity index (χ4n) is 2.96. The van der Waals surface area contributed by atoms with Crippen molar-refractivity contribution >= 4 is 17.5 Å². The van der Waals surface area contributed by atoms with Crippen molar-refractivity contribution < 1.29 is 14.3 Å². The molecule has 1 heterocycles. The van der Waals surface area contributed by atoms with Crippen LogP contribution >= 0.6 is 0 Å². The lowest BCUT2D eigenvalue weighted by molar-refractivity contribution is 0.257. The standard InChI is InChI=1S/C23H27N5O3/c1-16-12-26-22(15-25-16)27-23(29)28(2)20-10-7-18(11-21(20)31-4)14-24-13-17-5-8-19(30-3)9-6-17/h5-12,15,24H,13-14H2,1-4H3,(H,26,27,29). The fraction of sp³-hybridized carbons (Fsp3) is 0.261. The number of amides is 2. The van der Waals surface area contributed by atoms with Crippen LogP contribution in [0.15, 0.2) is 54.9 Å². The number of hydrogen-bond acceptors (Lipinski definition) is 6. The molecular weight excluding hydrogens is 394 g/mol. The Morgan fingerprint density at radius 3 is 2.32 bits per heavy atom. The zero-order valence-electron chi connectivity index (χ0n) is 18.2. The summed E-state index contributed by atoms with van der Waals surface area (Å²) in [7, 11) is 4.92. The van der Waals surface area contributed by atoms with Gasteiger partial charge in [-0.15, -0.1) is 0 Å². The van der Waals surface area contributed by atoms with E-state index in [4.69, 9.17) is 9.47 Å². The van der Waals surface area contributed by atoms with Gasteiger partial charge in [0.1, 0.15) is 11.5 Å². The number of rotatable bonds is 8. The summed E-state index contributed by atoms with van der Waals surface area (Å²) in [5, 5.41) is 6.14. The number of nitrogens with one attached hydrogen (secondary N) is 2. The Labute approximate surface area is 182 Å². The summed E-state index contributed by atoms with van der Waals surface area (Å²) >= 11 is 0. The Kier molecular flexibility index (Phi) is 7.40. The van der Waals surface area contributed by atoms with E-state index in [9.17, 15) is 4.79 Å².